The van der Waals surface area contributed by atoms with Gasteiger partial charge in [-0.05, 0) is 55.2 Å². The third-order valence-electron chi connectivity index (χ3n) is 5.63. The van der Waals surface area contributed by atoms with Crippen LogP contribution in [0.15, 0.2) is 60.7 Å². The maximum atomic E-state index is 14.4. The van der Waals surface area contributed by atoms with Gasteiger partial charge in [-0.2, -0.15) is 0 Å². The van der Waals surface area contributed by atoms with Gasteiger partial charge in [-0.15, -0.1) is 0 Å². The molecule has 0 unspecified atom stereocenters. The molecular formula is C23H19FN2S. The fraction of sp³-hybridized carbons (Fsp3) is 0.217. The summed E-state index contributed by atoms with van der Waals surface area (Å²) in [7, 11) is 0. The molecule has 27 heavy (non-hydrogen) atoms. The van der Waals surface area contributed by atoms with Crippen molar-refractivity contribution < 1.29 is 4.39 Å². The van der Waals surface area contributed by atoms with Crippen LogP contribution in [0.5, 0.6) is 0 Å². The number of nitrogens with zero attached hydrogens (tertiary/aromatic N) is 2. The van der Waals surface area contributed by atoms with Crippen LogP contribution in [0.25, 0.3) is 20.9 Å². The predicted molar refractivity (Wildman–Crippen MR) is 109 cm³/mol. The molecule has 5 rings (SSSR count). The lowest BCUT2D eigenvalue weighted by atomic mass is 9.62. The highest BCUT2D eigenvalue weighted by Gasteiger charge is 2.41. The van der Waals surface area contributed by atoms with Crippen molar-refractivity contribution in [3.63, 3.8) is 0 Å². The number of thiazole rings is 1. The highest BCUT2D eigenvalue weighted by Crippen LogP contribution is 2.48. The maximum absolute atomic E-state index is 14.4. The lowest BCUT2D eigenvalue weighted by molar-refractivity contribution is 0.294. The van der Waals surface area contributed by atoms with E-state index >= 15 is 0 Å². The topological polar surface area (TPSA) is 25.8 Å². The largest absolute Gasteiger partial charge is 0.239 e. The van der Waals surface area contributed by atoms with Gasteiger partial charge in [0, 0.05) is 11.0 Å². The van der Waals surface area contributed by atoms with Gasteiger partial charge < -0.3 is 0 Å². The van der Waals surface area contributed by atoms with E-state index in [2.05, 4.69) is 41.4 Å². The van der Waals surface area contributed by atoms with Gasteiger partial charge in [0.05, 0.1) is 5.69 Å². The van der Waals surface area contributed by atoms with E-state index < -0.39 is 0 Å². The lowest BCUT2D eigenvalue weighted by Gasteiger charge is -2.42. The van der Waals surface area contributed by atoms with Crippen LogP contribution in [0.1, 0.15) is 36.1 Å². The van der Waals surface area contributed by atoms with E-state index in [1.165, 1.54) is 23.3 Å². The summed E-state index contributed by atoms with van der Waals surface area (Å²) in [5, 5.41) is 0.689. The molecule has 0 bridgehead atoms. The molecule has 2 nitrogen and oxygen atoms in total. The van der Waals surface area contributed by atoms with E-state index in [1.54, 1.807) is 12.1 Å². The van der Waals surface area contributed by atoms with Crippen molar-refractivity contribution >= 4 is 21.7 Å². The molecule has 0 aliphatic heterocycles. The van der Waals surface area contributed by atoms with E-state index in [-0.39, 0.29) is 11.2 Å². The Morgan fingerprint density at radius 2 is 1.78 bits per heavy atom. The zero-order valence-electron chi connectivity index (χ0n) is 15.1. The molecule has 0 saturated heterocycles. The number of aromatic nitrogens is 2. The Morgan fingerprint density at radius 3 is 2.48 bits per heavy atom. The monoisotopic (exact) mass is 374 g/mol. The third-order valence-corrected chi connectivity index (χ3v) is 6.63. The lowest BCUT2D eigenvalue weighted by Crippen LogP contribution is -2.36. The van der Waals surface area contributed by atoms with Crippen molar-refractivity contribution in [2.75, 3.05) is 0 Å². The summed E-state index contributed by atoms with van der Waals surface area (Å²) < 4.78 is 14.4. The molecule has 0 atom stereocenters. The Hall–Kier alpha value is -2.59. The van der Waals surface area contributed by atoms with Crippen LogP contribution < -0.4 is 0 Å². The van der Waals surface area contributed by atoms with Crippen molar-refractivity contribution in [2.24, 2.45) is 0 Å². The van der Waals surface area contributed by atoms with Crippen LogP contribution in [-0.2, 0) is 5.41 Å². The molecule has 0 radical (unpaired) electrons. The van der Waals surface area contributed by atoms with Gasteiger partial charge in [-0.3, -0.25) is 0 Å². The van der Waals surface area contributed by atoms with Crippen molar-refractivity contribution in [1.29, 1.82) is 0 Å². The number of hydrogen-bond acceptors (Lipinski definition) is 3. The van der Waals surface area contributed by atoms with Crippen LogP contribution >= 0.6 is 11.3 Å². The summed E-state index contributed by atoms with van der Waals surface area (Å²) in [6, 6.07) is 20.1. The van der Waals surface area contributed by atoms with Gasteiger partial charge in [-0.25, -0.2) is 14.4 Å². The normalized spacial score (nSPS) is 15.6. The van der Waals surface area contributed by atoms with Gasteiger partial charge >= 0.3 is 0 Å². The number of hydrogen-bond donors (Lipinski definition) is 0. The van der Waals surface area contributed by atoms with E-state index in [1.807, 2.05) is 19.1 Å². The van der Waals surface area contributed by atoms with E-state index in [4.69, 9.17) is 4.98 Å². The first kappa shape index (κ1) is 16.6. The van der Waals surface area contributed by atoms with Gasteiger partial charge in [-0.1, -0.05) is 54.2 Å². The van der Waals surface area contributed by atoms with Crippen molar-refractivity contribution in [2.45, 2.75) is 31.6 Å². The number of fused-ring (bicyclic) bond motifs is 1. The quantitative estimate of drug-likeness (QED) is 0.422. The summed E-state index contributed by atoms with van der Waals surface area (Å²) in [4.78, 5) is 10.5. The summed E-state index contributed by atoms with van der Waals surface area (Å²) in [5.41, 5.74) is 4.74. The van der Waals surface area contributed by atoms with Crippen LogP contribution in [0.3, 0.4) is 0 Å². The van der Waals surface area contributed by atoms with Crippen LogP contribution in [0.2, 0.25) is 0 Å². The molecule has 1 aliphatic carbocycles. The molecular weight excluding hydrogens is 355 g/mol. The van der Waals surface area contributed by atoms with Crippen molar-refractivity contribution in [3.05, 3.63) is 83.3 Å². The van der Waals surface area contributed by atoms with Crippen LogP contribution in [0.4, 0.5) is 4.39 Å². The summed E-state index contributed by atoms with van der Waals surface area (Å²) in [6.45, 7) is 1.89. The molecule has 4 heteroatoms. The Morgan fingerprint density at radius 1 is 0.963 bits per heavy atom. The SMILES string of the molecule is Cc1ccc(-c2nc3ccc(C4(c5ccccc5)CCC4)nc3s2)c(F)c1. The minimum atomic E-state index is -0.228. The Bertz CT molecular complexity index is 1130. The average molecular weight is 374 g/mol. The van der Waals surface area contributed by atoms with Gasteiger partial charge in [0.1, 0.15) is 21.2 Å². The molecule has 2 aromatic heterocycles. The summed E-state index contributed by atoms with van der Waals surface area (Å²) in [6.07, 6.45) is 3.46. The Labute approximate surface area is 161 Å². The number of rotatable bonds is 3. The fourth-order valence-corrected chi connectivity index (χ4v) is 4.94. The van der Waals surface area contributed by atoms with Crippen molar-refractivity contribution in [3.8, 4) is 10.6 Å². The molecule has 1 saturated carbocycles. The van der Waals surface area contributed by atoms with Gasteiger partial charge in [0.15, 0.2) is 0 Å². The van der Waals surface area contributed by atoms with Gasteiger partial charge in [0.25, 0.3) is 0 Å². The third kappa shape index (κ3) is 2.67. The second kappa shape index (κ2) is 6.24. The average Bonchev–Trinajstić information content (AvgIpc) is 3.05. The molecule has 0 amide bonds. The van der Waals surface area contributed by atoms with E-state index in [0.717, 1.165) is 34.4 Å². The minimum Gasteiger partial charge on any atom is -0.239 e. The minimum absolute atomic E-state index is 0.00864. The molecule has 1 aliphatic rings. The zero-order chi connectivity index (χ0) is 18.4. The second-order valence-corrected chi connectivity index (χ2v) is 8.30. The molecule has 0 spiro atoms. The smallest absolute Gasteiger partial charge is 0.144 e. The standard InChI is InChI=1S/C23H19FN2S/c1-15-8-9-17(18(24)14-15)21-25-19-10-11-20(26-22(19)27-21)23(12-5-13-23)16-6-3-2-4-7-16/h2-4,6-11,14H,5,12-13H2,1H3. The Kier molecular flexibility index (Phi) is 3.83. The first-order valence-electron chi connectivity index (χ1n) is 9.26. The van der Waals surface area contributed by atoms with Crippen LogP contribution in [0, 0.1) is 12.7 Å². The Balaban J connectivity index is 1.60. The predicted octanol–water partition coefficient (Wildman–Crippen LogP) is 6.28. The fourth-order valence-electron chi connectivity index (χ4n) is 3.97. The zero-order valence-corrected chi connectivity index (χ0v) is 15.9. The number of pyridine rings is 1. The summed E-state index contributed by atoms with van der Waals surface area (Å²) >= 11 is 1.47. The first-order valence-corrected chi connectivity index (χ1v) is 10.1. The molecule has 0 N–H and O–H groups in total. The van der Waals surface area contributed by atoms with Crippen LogP contribution in [-0.4, -0.2) is 9.97 Å². The molecule has 2 aromatic carbocycles. The van der Waals surface area contributed by atoms with Crippen molar-refractivity contribution in [1.82, 2.24) is 9.97 Å². The highest BCUT2D eigenvalue weighted by molar-refractivity contribution is 7.21. The number of halogens is 1. The first-order chi connectivity index (χ1) is 13.2. The maximum Gasteiger partial charge on any atom is 0.144 e. The molecule has 4 aromatic rings. The van der Waals surface area contributed by atoms with E-state index in [0.29, 0.717) is 10.6 Å². The molecule has 134 valence electrons. The second-order valence-electron chi connectivity index (χ2n) is 7.32. The molecule has 2 heterocycles. The van der Waals surface area contributed by atoms with Gasteiger partial charge in [0.2, 0.25) is 0 Å². The summed E-state index contributed by atoms with van der Waals surface area (Å²) in [5.74, 6) is -0.228. The number of aryl methyl sites for hydroxylation is 1. The molecule has 1 fully saturated rings. The van der Waals surface area contributed by atoms with E-state index in [9.17, 15) is 4.39 Å². The highest BCUT2D eigenvalue weighted by atomic mass is 32.1. The number of benzene rings is 2.